The third-order valence-corrected chi connectivity index (χ3v) is 4.94. The highest BCUT2D eigenvalue weighted by atomic mass is 35.5. The number of ether oxygens (including phenoxy) is 1. The van der Waals surface area contributed by atoms with Crippen molar-refractivity contribution in [2.75, 3.05) is 24.8 Å². The van der Waals surface area contributed by atoms with Crippen molar-refractivity contribution in [2.24, 2.45) is 0 Å². The number of rotatable bonds is 7. The van der Waals surface area contributed by atoms with Crippen LogP contribution < -0.4 is 15.6 Å². The third-order valence-electron chi connectivity index (χ3n) is 3.66. The summed E-state index contributed by atoms with van der Waals surface area (Å²) in [5.41, 5.74) is 2.03. The summed E-state index contributed by atoms with van der Waals surface area (Å²) >= 11 is 7.17. The molecule has 0 saturated heterocycles. The Morgan fingerprint density at radius 1 is 1.42 bits per heavy atom. The van der Waals surface area contributed by atoms with Gasteiger partial charge in [-0.1, -0.05) is 23.4 Å². The van der Waals surface area contributed by atoms with E-state index < -0.39 is 0 Å². The number of nitrogens with one attached hydrogen (secondary N) is 2. The molecule has 9 heteroatoms. The number of anilines is 1. The van der Waals surface area contributed by atoms with Crippen LogP contribution in [0.15, 0.2) is 22.1 Å². The Hall–Kier alpha value is -2.03. The van der Waals surface area contributed by atoms with Gasteiger partial charge in [0, 0.05) is 35.4 Å². The molecule has 140 valence electrons. The number of hydrogen-bond donors (Lipinski definition) is 3. The van der Waals surface area contributed by atoms with Crippen molar-refractivity contribution in [3.63, 3.8) is 0 Å². The molecule has 0 bridgehead atoms. The van der Waals surface area contributed by atoms with Gasteiger partial charge in [0.05, 0.1) is 18.6 Å². The van der Waals surface area contributed by atoms with Crippen molar-refractivity contribution in [3.05, 3.63) is 44.3 Å². The Morgan fingerprint density at radius 3 is 2.77 bits per heavy atom. The average Bonchev–Trinajstić information content (AvgIpc) is 2.59. The molecule has 0 atom stereocenters. The number of thioether (sulfide) groups is 1. The van der Waals surface area contributed by atoms with Gasteiger partial charge in [0.2, 0.25) is 5.91 Å². The smallest absolute Gasteiger partial charge is 0.255 e. The van der Waals surface area contributed by atoms with Gasteiger partial charge in [-0.3, -0.25) is 9.59 Å². The predicted octanol–water partition coefficient (Wildman–Crippen LogP) is 2.31. The van der Waals surface area contributed by atoms with Gasteiger partial charge in [0.25, 0.3) is 5.56 Å². The Bertz CT molecular complexity index is 870. The lowest BCUT2D eigenvalue weighted by atomic mass is 10.2. The van der Waals surface area contributed by atoms with Crippen LogP contribution in [0.3, 0.4) is 0 Å². The Morgan fingerprint density at radius 2 is 2.15 bits per heavy atom. The van der Waals surface area contributed by atoms with Crippen LogP contribution in [0.2, 0.25) is 5.02 Å². The largest absolute Gasteiger partial charge is 0.495 e. The number of amides is 1. The fourth-order valence-corrected chi connectivity index (χ4v) is 3.17. The van der Waals surface area contributed by atoms with E-state index in [2.05, 4.69) is 15.3 Å². The molecule has 0 aliphatic carbocycles. The molecule has 0 saturated carbocycles. The molecule has 7 nitrogen and oxygen atoms in total. The molecule has 3 N–H and O–H groups in total. The molecule has 1 heterocycles. The molecule has 0 aliphatic heterocycles. The Labute approximate surface area is 160 Å². The van der Waals surface area contributed by atoms with E-state index in [0.717, 1.165) is 17.3 Å². The maximum atomic E-state index is 12.2. The van der Waals surface area contributed by atoms with E-state index in [0.29, 0.717) is 32.9 Å². The SMILES string of the molecule is COc1cc(Cl)c(C)cc1NC(=O)CSc1nc(C)c(CCO)c(=O)[nH]1. The van der Waals surface area contributed by atoms with E-state index in [1.54, 1.807) is 19.1 Å². The standard InChI is InChI=1S/C17H20ClN3O4S/c1-9-6-13(14(25-3)7-12(9)18)20-15(23)8-26-17-19-10(2)11(4-5-22)16(24)21-17/h6-7,22H,4-5,8H2,1-3H3,(H,20,23)(H,19,21,24). The number of nitrogens with zero attached hydrogens (tertiary/aromatic N) is 1. The lowest BCUT2D eigenvalue weighted by Gasteiger charge is -2.12. The van der Waals surface area contributed by atoms with Crippen LogP contribution in [0.4, 0.5) is 5.69 Å². The number of halogens is 1. The number of carbonyl (C=O) groups is 1. The number of H-pyrrole nitrogens is 1. The van der Waals surface area contributed by atoms with E-state index in [1.807, 2.05) is 6.92 Å². The maximum absolute atomic E-state index is 12.2. The van der Waals surface area contributed by atoms with Crippen molar-refractivity contribution in [2.45, 2.75) is 25.4 Å². The molecular formula is C17H20ClN3O4S. The number of aryl methyl sites for hydroxylation is 2. The zero-order valence-corrected chi connectivity index (χ0v) is 16.3. The van der Waals surface area contributed by atoms with Crippen LogP contribution in [0.1, 0.15) is 16.8 Å². The van der Waals surface area contributed by atoms with Gasteiger partial charge in [0.1, 0.15) is 5.75 Å². The summed E-state index contributed by atoms with van der Waals surface area (Å²) in [6.07, 6.45) is 0.245. The Kier molecular flexibility index (Phi) is 7.07. The van der Waals surface area contributed by atoms with Crippen molar-refractivity contribution in [1.29, 1.82) is 0 Å². The number of carbonyl (C=O) groups excluding carboxylic acids is 1. The van der Waals surface area contributed by atoms with Crippen molar-refractivity contribution < 1.29 is 14.6 Å². The van der Waals surface area contributed by atoms with E-state index in [1.165, 1.54) is 7.11 Å². The van der Waals surface area contributed by atoms with Gasteiger partial charge in [-0.05, 0) is 25.5 Å². The second-order valence-electron chi connectivity index (χ2n) is 5.55. The fraction of sp³-hybridized carbons (Fsp3) is 0.353. The van der Waals surface area contributed by atoms with E-state index in [-0.39, 0.29) is 30.2 Å². The highest BCUT2D eigenvalue weighted by Gasteiger charge is 2.13. The zero-order valence-electron chi connectivity index (χ0n) is 14.7. The van der Waals surface area contributed by atoms with Gasteiger partial charge in [-0.2, -0.15) is 0 Å². The second-order valence-corrected chi connectivity index (χ2v) is 6.92. The summed E-state index contributed by atoms with van der Waals surface area (Å²) in [5, 5.41) is 12.6. The van der Waals surface area contributed by atoms with Gasteiger partial charge < -0.3 is 20.1 Å². The third kappa shape index (κ3) is 5.00. The molecule has 0 unspecified atom stereocenters. The van der Waals surface area contributed by atoms with Crippen LogP contribution >= 0.6 is 23.4 Å². The molecule has 2 rings (SSSR count). The first kappa shape index (κ1) is 20.3. The summed E-state index contributed by atoms with van der Waals surface area (Å²) < 4.78 is 5.23. The predicted molar refractivity (Wildman–Crippen MR) is 102 cm³/mol. The fourth-order valence-electron chi connectivity index (χ4n) is 2.31. The molecule has 2 aromatic rings. The monoisotopic (exact) mass is 397 g/mol. The minimum atomic E-state index is -0.301. The van der Waals surface area contributed by atoms with Gasteiger partial charge >= 0.3 is 0 Å². The lowest BCUT2D eigenvalue weighted by Crippen LogP contribution is -2.19. The van der Waals surface area contributed by atoms with E-state index in [9.17, 15) is 9.59 Å². The number of benzene rings is 1. The van der Waals surface area contributed by atoms with Crippen LogP contribution in [0.5, 0.6) is 5.75 Å². The number of methoxy groups -OCH3 is 1. The van der Waals surface area contributed by atoms with Gasteiger partial charge in [0.15, 0.2) is 5.16 Å². The molecule has 0 spiro atoms. The van der Waals surface area contributed by atoms with E-state index >= 15 is 0 Å². The highest BCUT2D eigenvalue weighted by Crippen LogP contribution is 2.31. The second kappa shape index (κ2) is 9.07. The van der Waals surface area contributed by atoms with Crippen LogP contribution in [0, 0.1) is 13.8 Å². The first-order chi connectivity index (χ1) is 12.3. The normalized spacial score (nSPS) is 10.7. The maximum Gasteiger partial charge on any atom is 0.255 e. The molecule has 0 radical (unpaired) electrons. The minimum Gasteiger partial charge on any atom is -0.495 e. The molecule has 1 amide bonds. The molecule has 0 fully saturated rings. The van der Waals surface area contributed by atoms with Crippen LogP contribution in [-0.4, -0.2) is 40.5 Å². The summed E-state index contributed by atoms with van der Waals surface area (Å²) in [7, 11) is 1.50. The van der Waals surface area contributed by atoms with Crippen LogP contribution in [-0.2, 0) is 11.2 Å². The van der Waals surface area contributed by atoms with Crippen molar-refractivity contribution in [3.8, 4) is 5.75 Å². The number of aliphatic hydroxyl groups excluding tert-OH is 1. The van der Waals surface area contributed by atoms with E-state index in [4.69, 9.17) is 21.4 Å². The number of aromatic amines is 1. The quantitative estimate of drug-likeness (QED) is 0.489. The topological polar surface area (TPSA) is 104 Å². The first-order valence-corrected chi connectivity index (χ1v) is 9.19. The number of aliphatic hydroxyl groups is 1. The number of hydrogen-bond acceptors (Lipinski definition) is 6. The first-order valence-electron chi connectivity index (χ1n) is 7.83. The Balaban J connectivity index is 2.06. The molecule has 26 heavy (non-hydrogen) atoms. The summed E-state index contributed by atoms with van der Waals surface area (Å²) in [4.78, 5) is 31.1. The van der Waals surface area contributed by atoms with Crippen molar-refractivity contribution in [1.82, 2.24) is 9.97 Å². The summed E-state index contributed by atoms with van der Waals surface area (Å²) in [5.74, 6) is 0.261. The molecule has 1 aromatic carbocycles. The zero-order chi connectivity index (χ0) is 19.3. The minimum absolute atomic E-state index is 0.0621. The molecular weight excluding hydrogens is 378 g/mol. The highest BCUT2D eigenvalue weighted by molar-refractivity contribution is 7.99. The average molecular weight is 398 g/mol. The molecule has 1 aromatic heterocycles. The van der Waals surface area contributed by atoms with Gasteiger partial charge in [-0.15, -0.1) is 0 Å². The molecule has 0 aliphatic rings. The van der Waals surface area contributed by atoms with Crippen LogP contribution in [0.25, 0.3) is 0 Å². The van der Waals surface area contributed by atoms with Gasteiger partial charge in [-0.25, -0.2) is 4.98 Å². The summed E-state index contributed by atoms with van der Waals surface area (Å²) in [6.45, 7) is 3.41. The number of aromatic nitrogens is 2. The van der Waals surface area contributed by atoms with Crippen molar-refractivity contribution >= 4 is 35.0 Å². The lowest BCUT2D eigenvalue weighted by molar-refractivity contribution is -0.113. The summed E-state index contributed by atoms with van der Waals surface area (Å²) in [6, 6.07) is 3.37.